The standard InChI is InChI=1S/C14H17FN2O3/c1-8(13(18)19)10-6-17(7-10)14(20)16-12-5-3-4-11(15)9(12)2/h3-5,8,10H,6-7H2,1-2H3,(H,16,20)(H,18,19). The Bertz CT molecular complexity index is 541. The Morgan fingerprint density at radius 2 is 2.10 bits per heavy atom. The summed E-state index contributed by atoms with van der Waals surface area (Å²) >= 11 is 0. The maximum absolute atomic E-state index is 13.4. The van der Waals surface area contributed by atoms with Crippen molar-refractivity contribution < 1.29 is 19.1 Å². The topological polar surface area (TPSA) is 69.6 Å². The minimum absolute atomic E-state index is 0.0214. The van der Waals surface area contributed by atoms with Crippen LogP contribution in [0.2, 0.25) is 0 Å². The number of aliphatic carboxylic acids is 1. The Morgan fingerprint density at radius 1 is 1.45 bits per heavy atom. The predicted molar refractivity (Wildman–Crippen MR) is 72.0 cm³/mol. The number of amides is 2. The van der Waals surface area contributed by atoms with Crippen LogP contribution in [-0.2, 0) is 4.79 Å². The van der Waals surface area contributed by atoms with E-state index in [-0.39, 0.29) is 17.8 Å². The summed E-state index contributed by atoms with van der Waals surface area (Å²) in [6, 6.07) is 4.17. The van der Waals surface area contributed by atoms with Crippen molar-refractivity contribution in [2.75, 3.05) is 18.4 Å². The lowest BCUT2D eigenvalue weighted by molar-refractivity contribution is -0.144. The molecule has 2 amide bonds. The minimum Gasteiger partial charge on any atom is -0.481 e. The van der Waals surface area contributed by atoms with Crippen molar-refractivity contribution >= 4 is 17.7 Å². The number of carbonyl (C=O) groups excluding carboxylic acids is 1. The summed E-state index contributed by atoms with van der Waals surface area (Å²) in [6.45, 7) is 4.05. The van der Waals surface area contributed by atoms with E-state index in [1.807, 2.05) is 0 Å². The lowest BCUT2D eigenvalue weighted by atomic mass is 9.87. The normalized spacial score (nSPS) is 16.4. The van der Waals surface area contributed by atoms with E-state index >= 15 is 0 Å². The van der Waals surface area contributed by atoms with Crippen molar-refractivity contribution in [2.45, 2.75) is 13.8 Å². The second-order valence-corrected chi connectivity index (χ2v) is 5.13. The second kappa shape index (κ2) is 5.48. The molecule has 0 bridgehead atoms. The zero-order valence-electron chi connectivity index (χ0n) is 11.4. The van der Waals surface area contributed by atoms with E-state index in [1.165, 1.54) is 17.0 Å². The number of nitrogens with zero attached hydrogens (tertiary/aromatic N) is 1. The fourth-order valence-corrected chi connectivity index (χ4v) is 2.13. The Morgan fingerprint density at radius 3 is 2.70 bits per heavy atom. The maximum atomic E-state index is 13.4. The van der Waals surface area contributed by atoms with Crippen molar-refractivity contribution in [1.82, 2.24) is 4.90 Å². The van der Waals surface area contributed by atoms with Gasteiger partial charge in [0.2, 0.25) is 0 Å². The molecule has 6 heteroatoms. The molecule has 1 saturated heterocycles. The van der Waals surface area contributed by atoms with Crippen molar-refractivity contribution in [3.63, 3.8) is 0 Å². The first-order valence-electron chi connectivity index (χ1n) is 6.44. The summed E-state index contributed by atoms with van der Waals surface area (Å²) in [7, 11) is 0. The first-order valence-corrected chi connectivity index (χ1v) is 6.44. The van der Waals surface area contributed by atoms with Crippen LogP contribution in [0.25, 0.3) is 0 Å². The van der Waals surface area contributed by atoms with Gasteiger partial charge in [-0.25, -0.2) is 9.18 Å². The number of benzene rings is 1. The first-order chi connectivity index (χ1) is 9.40. The smallest absolute Gasteiger partial charge is 0.321 e. The Hall–Kier alpha value is -2.11. The van der Waals surface area contributed by atoms with Gasteiger partial charge in [-0.1, -0.05) is 13.0 Å². The summed E-state index contributed by atoms with van der Waals surface area (Å²) < 4.78 is 13.4. The number of carboxylic acid groups (broad SMARTS) is 1. The molecule has 1 unspecified atom stereocenters. The van der Waals surface area contributed by atoms with Gasteiger partial charge in [0.15, 0.2) is 0 Å². The van der Waals surface area contributed by atoms with Crippen LogP contribution >= 0.6 is 0 Å². The maximum Gasteiger partial charge on any atom is 0.321 e. The van der Waals surface area contributed by atoms with Crippen LogP contribution in [0.1, 0.15) is 12.5 Å². The molecule has 0 aliphatic carbocycles. The summed E-state index contributed by atoms with van der Waals surface area (Å²) in [5, 5.41) is 11.5. The summed E-state index contributed by atoms with van der Waals surface area (Å²) in [5.41, 5.74) is 0.821. The van der Waals surface area contributed by atoms with Crippen molar-refractivity contribution in [3.05, 3.63) is 29.6 Å². The number of urea groups is 1. The molecule has 1 aromatic rings. The van der Waals surface area contributed by atoms with Crippen LogP contribution in [0.5, 0.6) is 0 Å². The van der Waals surface area contributed by atoms with Gasteiger partial charge in [-0.3, -0.25) is 4.79 Å². The highest BCUT2D eigenvalue weighted by molar-refractivity contribution is 5.90. The highest BCUT2D eigenvalue weighted by Crippen LogP contribution is 2.25. The average molecular weight is 280 g/mol. The molecule has 1 atom stereocenters. The summed E-state index contributed by atoms with van der Waals surface area (Å²) in [6.07, 6.45) is 0. The van der Waals surface area contributed by atoms with E-state index in [4.69, 9.17) is 5.11 Å². The van der Waals surface area contributed by atoms with Gasteiger partial charge in [0.25, 0.3) is 0 Å². The van der Waals surface area contributed by atoms with Gasteiger partial charge in [-0.05, 0) is 19.1 Å². The van der Waals surface area contributed by atoms with E-state index in [1.54, 1.807) is 19.9 Å². The molecule has 2 N–H and O–H groups in total. The van der Waals surface area contributed by atoms with Gasteiger partial charge in [0, 0.05) is 30.3 Å². The van der Waals surface area contributed by atoms with E-state index in [0.29, 0.717) is 24.3 Å². The van der Waals surface area contributed by atoms with Crippen LogP contribution in [0.4, 0.5) is 14.9 Å². The Balaban J connectivity index is 1.92. The van der Waals surface area contributed by atoms with Crippen LogP contribution in [0, 0.1) is 24.6 Å². The molecular formula is C14H17FN2O3. The number of nitrogens with one attached hydrogen (secondary N) is 1. The molecule has 0 radical (unpaired) electrons. The molecule has 108 valence electrons. The number of hydrogen-bond acceptors (Lipinski definition) is 2. The Kier molecular flexibility index (Phi) is 3.92. The molecule has 2 rings (SSSR count). The number of carbonyl (C=O) groups is 2. The summed E-state index contributed by atoms with van der Waals surface area (Å²) in [4.78, 5) is 24.3. The van der Waals surface area contributed by atoms with Crippen molar-refractivity contribution in [3.8, 4) is 0 Å². The van der Waals surface area contributed by atoms with Crippen molar-refractivity contribution in [1.29, 1.82) is 0 Å². The SMILES string of the molecule is Cc1c(F)cccc1NC(=O)N1CC(C(C)C(=O)O)C1. The van der Waals surface area contributed by atoms with Gasteiger partial charge in [0.05, 0.1) is 5.92 Å². The summed E-state index contributed by atoms with van der Waals surface area (Å²) in [5.74, 6) is -1.71. The first kappa shape index (κ1) is 14.3. The zero-order chi connectivity index (χ0) is 14.9. The van der Waals surface area contributed by atoms with E-state index < -0.39 is 11.9 Å². The number of carboxylic acids is 1. The molecule has 1 aliphatic rings. The minimum atomic E-state index is -0.851. The number of likely N-dealkylation sites (tertiary alicyclic amines) is 1. The van der Waals surface area contributed by atoms with Gasteiger partial charge in [-0.15, -0.1) is 0 Å². The monoisotopic (exact) mass is 280 g/mol. The number of halogens is 1. The van der Waals surface area contributed by atoms with Gasteiger partial charge >= 0.3 is 12.0 Å². The second-order valence-electron chi connectivity index (χ2n) is 5.13. The lowest BCUT2D eigenvalue weighted by Crippen LogP contribution is -2.54. The molecule has 20 heavy (non-hydrogen) atoms. The number of hydrogen-bond donors (Lipinski definition) is 2. The molecular weight excluding hydrogens is 263 g/mol. The fraction of sp³-hybridized carbons (Fsp3) is 0.429. The number of rotatable bonds is 3. The van der Waals surface area contributed by atoms with Crippen LogP contribution in [-0.4, -0.2) is 35.1 Å². The van der Waals surface area contributed by atoms with Crippen LogP contribution in [0.15, 0.2) is 18.2 Å². The van der Waals surface area contributed by atoms with E-state index in [9.17, 15) is 14.0 Å². The van der Waals surface area contributed by atoms with Crippen LogP contribution in [0.3, 0.4) is 0 Å². The largest absolute Gasteiger partial charge is 0.481 e. The van der Waals surface area contributed by atoms with E-state index in [2.05, 4.69) is 5.32 Å². The zero-order valence-corrected chi connectivity index (χ0v) is 11.4. The van der Waals surface area contributed by atoms with Crippen molar-refractivity contribution in [2.24, 2.45) is 11.8 Å². The molecule has 0 aromatic heterocycles. The van der Waals surface area contributed by atoms with E-state index in [0.717, 1.165) is 0 Å². The molecule has 0 spiro atoms. The quantitative estimate of drug-likeness (QED) is 0.892. The lowest BCUT2D eigenvalue weighted by Gasteiger charge is -2.41. The fourth-order valence-electron chi connectivity index (χ4n) is 2.13. The third-order valence-electron chi connectivity index (χ3n) is 3.80. The third kappa shape index (κ3) is 2.74. The molecule has 1 aromatic carbocycles. The number of anilines is 1. The predicted octanol–water partition coefficient (Wildman–Crippen LogP) is 2.32. The Labute approximate surface area is 116 Å². The van der Waals surface area contributed by atoms with Gasteiger partial charge in [0.1, 0.15) is 5.82 Å². The molecule has 0 saturated carbocycles. The molecule has 5 nitrogen and oxygen atoms in total. The molecule has 1 fully saturated rings. The van der Waals surface area contributed by atoms with Gasteiger partial charge in [-0.2, -0.15) is 0 Å². The van der Waals surface area contributed by atoms with Gasteiger partial charge < -0.3 is 15.3 Å². The molecule has 1 aliphatic heterocycles. The highest BCUT2D eigenvalue weighted by Gasteiger charge is 2.37. The highest BCUT2D eigenvalue weighted by atomic mass is 19.1. The molecule has 1 heterocycles. The van der Waals surface area contributed by atoms with Crippen LogP contribution < -0.4 is 5.32 Å². The third-order valence-corrected chi connectivity index (χ3v) is 3.80. The average Bonchev–Trinajstić information content (AvgIpc) is 2.33.